The minimum atomic E-state index is -0.108. The van der Waals surface area contributed by atoms with E-state index in [1.807, 2.05) is 6.92 Å². The molecule has 9 heteroatoms. The van der Waals surface area contributed by atoms with Gasteiger partial charge in [0.05, 0.1) is 14.2 Å². The van der Waals surface area contributed by atoms with Gasteiger partial charge in [0.25, 0.3) is 0 Å². The summed E-state index contributed by atoms with van der Waals surface area (Å²) in [6.45, 7) is 19.9. The first-order valence-electron chi connectivity index (χ1n) is 12.8. The van der Waals surface area contributed by atoms with Gasteiger partial charge in [-0.15, -0.1) is 0 Å². The summed E-state index contributed by atoms with van der Waals surface area (Å²) < 4.78 is 0. The Hall–Kier alpha value is -1.55. The van der Waals surface area contributed by atoms with Crippen molar-refractivity contribution in [2.24, 2.45) is 0 Å². The maximum atomic E-state index is 5.80. The largest absolute Gasteiger partial charge is 0.341 e. The topological polar surface area (TPSA) is 70.1 Å². The molecule has 2 aliphatic heterocycles. The molecular formula is C26H49N7O2. The Kier molecular flexibility index (Phi) is 7.52. The Labute approximate surface area is 213 Å². The van der Waals surface area contributed by atoms with E-state index in [0.717, 1.165) is 43.4 Å². The number of anilines is 2. The summed E-state index contributed by atoms with van der Waals surface area (Å²) in [5.74, 6) is 2.20. The van der Waals surface area contributed by atoms with Crippen LogP contribution in [0.2, 0.25) is 0 Å². The lowest BCUT2D eigenvalue weighted by atomic mass is 9.78. The Balaban J connectivity index is 1.88. The van der Waals surface area contributed by atoms with Crippen LogP contribution in [-0.2, 0) is 9.68 Å². The lowest BCUT2D eigenvalue weighted by Crippen LogP contribution is -2.63. The van der Waals surface area contributed by atoms with Gasteiger partial charge in [-0.25, -0.2) is 0 Å². The first-order valence-corrected chi connectivity index (χ1v) is 12.8. The highest BCUT2D eigenvalue weighted by molar-refractivity contribution is 5.40. The normalized spacial score (nSPS) is 24.9. The van der Waals surface area contributed by atoms with E-state index in [4.69, 9.17) is 24.6 Å². The SMILES string of the molecule is CON1C(C)(C)CC(N(C)c2nc(C)nc(N(C)C3CC(C)(C)N(OC)C(C)(C)C3)n2)CC1(C)C. The molecule has 0 saturated carbocycles. The molecule has 0 aliphatic carbocycles. The molecule has 200 valence electrons. The van der Waals surface area contributed by atoms with Crippen molar-refractivity contribution in [2.45, 2.75) is 122 Å². The van der Waals surface area contributed by atoms with E-state index in [1.165, 1.54) is 0 Å². The van der Waals surface area contributed by atoms with Gasteiger partial charge in [0.15, 0.2) is 0 Å². The second-order valence-corrected chi connectivity index (χ2v) is 13.0. The van der Waals surface area contributed by atoms with Crippen LogP contribution in [0.25, 0.3) is 0 Å². The molecule has 2 fully saturated rings. The number of aromatic nitrogens is 3. The van der Waals surface area contributed by atoms with Crippen LogP contribution in [0.4, 0.5) is 11.9 Å². The number of hydroxylamine groups is 4. The average molecular weight is 492 g/mol. The van der Waals surface area contributed by atoms with Crippen LogP contribution in [0.1, 0.15) is 86.9 Å². The van der Waals surface area contributed by atoms with Gasteiger partial charge in [0, 0.05) is 48.3 Å². The fourth-order valence-corrected chi connectivity index (χ4v) is 7.05. The molecule has 2 aliphatic rings. The molecule has 0 aromatic carbocycles. The van der Waals surface area contributed by atoms with Crippen molar-refractivity contribution in [3.8, 4) is 0 Å². The highest BCUT2D eigenvalue weighted by Crippen LogP contribution is 2.42. The number of rotatable bonds is 6. The van der Waals surface area contributed by atoms with Gasteiger partial charge >= 0.3 is 0 Å². The van der Waals surface area contributed by atoms with Crippen LogP contribution in [0, 0.1) is 6.92 Å². The lowest BCUT2D eigenvalue weighted by Gasteiger charge is -2.55. The van der Waals surface area contributed by atoms with Gasteiger partial charge in [-0.2, -0.15) is 25.1 Å². The molecular weight excluding hydrogens is 442 g/mol. The Bertz CT molecular complexity index is 797. The Morgan fingerprint density at radius 2 is 0.914 bits per heavy atom. The molecule has 1 aromatic heterocycles. The van der Waals surface area contributed by atoms with Crippen molar-refractivity contribution >= 4 is 11.9 Å². The van der Waals surface area contributed by atoms with Crippen LogP contribution in [0.3, 0.4) is 0 Å². The van der Waals surface area contributed by atoms with Gasteiger partial charge in [0.2, 0.25) is 11.9 Å². The van der Waals surface area contributed by atoms with Crippen molar-refractivity contribution in [1.82, 2.24) is 25.1 Å². The fourth-order valence-electron chi connectivity index (χ4n) is 7.05. The number of hydrogen-bond acceptors (Lipinski definition) is 9. The molecule has 35 heavy (non-hydrogen) atoms. The zero-order valence-electron chi connectivity index (χ0n) is 24.4. The van der Waals surface area contributed by atoms with E-state index < -0.39 is 0 Å². The predicted octanol–water partition coefficient (Wildman–Crippen LogP) is 4.22. The minimum absolute atomic E-state index is 0.108. The summed E-state index contributed by atoms with van der Waals surface area (Å²) in [5.41, 5.74) is -0.430. The van der Waals surface area contributed by atoms with E-state index in [0.29, 0.717) is 0 Å². The van der Waals surface area contributed by atoms with Crippen LogP contribution in [0.15, 0.2) is 0 Å². The molecule has 2 saturated heterocycles. The second kappa shape index (κ2) is 9.39. The van der Waals surface area contributed by atoms with Crippen molar-refractivity contribution < 1.29 is 9.68 Å². The molecule has 1 aromatic rings. The van der Waals surface area contributed by atoms with Crippen LogP contribution in [-0.4, -0.2) is 87.6 Å². The molecule has 3 rings (SSSR count). The maximum absolute atomic E-state index is 5.80. The number of nitrogens with zero attached hydrogens (tertiary/aromatic N) is 7. The Morgan fingerprint density at radius 3 is 1.17 bits per heavy atom. The van der Waals surface area contributed by atoms with E-state index in [9.17, 15) is 0 Å². The first-order chi connectivity index (χ1) is 15.9. The van der Waals surface area contributed by atoms with Gasteiger partial charge in [-0.05, 0) is 88.0 Å². The van der Waals surface area contributed by atoms with Crippen LogP contribution in [0.5, 0.6) is 0 Å². The second-order valence-electron chi connectivity index (χ2n) is 13.0. The Morgan fingerprint density at radius 1 is 0.629 bits per heavy atom. The maximum Gasteiger partial charge on any atom is 0.230 e. The molecule has 0 radical (unpaired) electrons. The van der Waals surface area contributed by atoms with Crippen molar-refractivity contribution in [3.05, 3.63) is 5.82 Å². The smallest absolute Gasteiger partial charge is 0.230 e. The lowest BCUT2D eigenvalue weighted by molar-refractivity contribution is -0.266. The standard InChI is InChI=1S/C26H49N7O2/c1-18-27-21(30(10)19-14-23(2,3)32(34-12)24(4,5)15-19)29-22(28-18)31(11)20-16-25(6,7)33(35-13)26(8,9)17-20/h19-20H,14-17H2,1-13H3. The minimum Gasteiger partial charge on any atom is -0.341 e. The van der Waals surface area contributed by atoms with Crippen molar-refractivity contribution in [1.29, 1.82) is 0 Å². The molecule has 0 spiro atoms. The van der Waals surface area contributed by atoms with E-state index in [1.54, 1.807) is 14.2 Å². The van der Waals surface area contributed by atoms with Gasteiger partial charge in [-0.3, -0.25) is 0 Å². The summed E-state index contributed by atoms with van der Waals surface area (Å²) in [7, 11) is 7.76. The molecule has 0 atom stereocenters. The van der Waals surface area contributed by atoms with Crippen molar-refractivity contribution in [3.63, 3.8) is 0 Å². The highest BCUT2D eigenvalue weighted by atomic mass is 16.7. The molecule has 0 bridgehead atoms. The first kappa shape index (κ1) is 28.0. The zero-order chi connectivity index (χ0) is 26.6. The molecule has 0 unspecified atom stereocenters. The number of aryl methyl sites for hydroxylation is 1. The fraction of sp³-hybridized carbons (Fsp3) is 0.885. The third-order valence-electron chi connectivity index (χ3n) is 7.95. The monoisotopic (exact) mass is 491 g/mol. The predicted molar refractivity (Wildman–Crippen MR) is 141 cm³/mol. The number of hydrogen-bond donors (Lipinski definition) is 0. The summed E-state index contributed by atoms with van der Waals surface area (Å²) in [4.78, 5) is 30.6. The van der Waals surface area contributed by atoms with Gasteiger partial charge < -0.3 is 19.5 Å². The summed E-state index contributed by atoms with van der Waals surface area (Å²) in [5, 5.41) is 4.27. The van der Waals surface area contributed by atoms with Gasteiger partial charge in [-0.1, -0.05) is 0 Å². The summed E-state index contributed by atoms with van der Waals surface area (Å²) in [6, 6.07) is 0.573. The zero-order valence-corrected chi connectivity index (χ0v) is 24.4. The molecule has 9 nitrogen and oxygen atoms in total. The van der Waals surface area contributed by atoms with Crippen molar-refractivity contribution in [2.75, 3.05) is 38.1 Å². The average Bonchev–Trinajstić information content (AvgIpc) is 2.69. The van der Waals surface area contributed by atoms with Crippen LogP contribution >= 0.6 is 0 Å². The van der Waals surface area contributed by atoms with E-state index in [2.05, 4.69) is 89.4 Å². The van der Waals surface area contributed by atoms with E-state index >= 15 is 0 Å². The third kappa shape index (κ3) is 5.43. The van der Waals surface area contributed by atoms with Crippen LogP contribution < -0.4 is 9.80 Å². The van der Waals surface area contributed by atoms with E-state index in [-0.39, 0.29) is 34.2 Å². The third-order valence-corrected chi connectivity index (χ3v) is 7.95. The summed E-state index contributed by atoms with van der Waals surface area (Å²) >= 11 is 0. The molecule has 0 amide bonds. The molecule has 0 N–H and O–H groups in total. The number of piperidine rings is 2. The summed E-state index contributed by atoms with van der Waals surface area (Å²) in [6.07, 6.45) is 3.81. The molecule has 3 heterocycles. The quantitative estimate of drug-likeness (QED) is 0.582. The van der Waals surface area contributed by atoms with Gasteiger partial charge in [0.1, 0.15) is 5.82 Å². The highest BCUT2D eigenvalue weighted by Gasteiger charge is 2.49.